The van der Waals surface area contributed by atoms with Crippen LogP contribution in [-0.4, -0.2) is 208 Å². The van der Waals surface area contributed by atoms with Crippen molar-refractivity contribution in [2.24, 2.45) is 11.7 Å². The van der Waals surface area contributed by atoms with Gasteiger partial charge in [-0.2, -0.15) is 15.0 Å². The molecule has 5 rings (SSSR count). The summed E-state index contributed by atoms with van der Waals surface area (Å²) in [6.45, 7) is 17.1. The van der Waals surface area contributed by atoms with Gasteiger partial charge in [0.1, 0.15) is 12.6 Å². The van der Waals surface area contributed by atoms with Gasteiger partial charge in [-0.3, -0.25) is 19.2 Å². The number of aromatic nitrogens is 9. The standard InChI is InChI=1S/C62H107N17O8/c1-6-42-85-44-46-87-47-45-86-43-33-66-60-67-61(69-62(68-60)77-40-36-75(37-41-77)55(82)29-23-17-13-9-11-15-19-26-32-65-59(84)57(52(5)80)78-48-51(4)70-72-78)76-38-34-74(35-39-76)54(81)28-22-16-12-8-10-14-18-25-31-64-58(83)56(50(3)7-2)79-49-53(71-73-79)27-21-20-24-30-63/h1,48-50,52,56-57,80H,7-47,63H2,2-5H3,(H,64,83)(H,65,84)(H,66,67,68,69)/t50-,52-,56-,57+/m0/s1. The molecule has 2 aliphatic rings. The third kappa shape index (κ3) is 27.5. The van der Waals surface area contributed by atoms with E-state index in [4.69, 9.17) is 41.3 Å². The van der Waals surface area contributed by atoms with Crippen molar-refractivity contribution >= 4 is 41.5 Å². The number of aliphatic hydroxyl groups excluding tert-OH is 1. The van der Waals surface area contributed by atoms with E-state index in [1.165, 1.54) is 4.68 Å². The van der Waals surface area contributed by atoms with Gasteiger partial charge in [0.05, 0.1) is 50.5 Å². The number of amides is 4. The van der Waals surface area contributed by atoms with Gasteiger partial charge in [0.25, 0.3) is 0 Å². The molecular formula is C62H107N17O8. The molecule has 3 aromatic heterocycles. The molecule has 488 valence electrons. The molecular weight excluding hydrogens is 1110 g/mol. The lowest BCUT2D eigenvalue weighted by Gasteiger charge is -2.36. The second kappa shape index (κ2) is 42.7. The van der Waals surface area contributed by atoms with Crippen LogP contribution >= 0.6 is 0 Å². The Morgan fingerprint density at radius 1 is 0.598 bits per heavy atom. The number of nitrogens with two attached hydrogens (primary N) is 1. The summed E-state index contributed by atoms with van der Waals surface area (Å²) < 4.78 is 19.7. The zero-order valence-corrected chi connectivity index (χ0v) is 53.2. The van der Waals surface area contributed by atoms with E-state index in [9.17, 15) is 24.3 Å². The maximum absolute atomic E-state index is 13.4. The molecule has 2 aliphatic heterocycles. The van der Waals surface area contributed by atoms with E-state index >= 15 is 0 Å². The fraction of sp³-hybridized carbons (Fsp3) is 0.790. The molecule has 0 saturated carbocycles. The predicted octanol–water partition coefficient (Wildman–Crippen LogP) is 5.59. The third-order valence-electron chi connectivity index (χ3n) is 16.2. The van der Waals surface area contributed by atoms with Gasteiger partial charge in [0.2, 0.25) is 41.5 Å². The first-order chi connectivity index (χ1) is 42.4. The van der Waals surface area contributed by atoms with E-state index in [0.29, 0.717) is 148 Å². The molecule has 3 aromatic rings. The zero-order valence-electron chi connectivity index (χ0n) is 53.2. The zero-order chi connectivity index (χ0) is 62.3. The lowest BCUT2D eigenvalue weighted by Crippen LogP contribution is -2.50. The molecule has 87 heavy (non-hydrogen) atoms. The Kier molecular flexibility index (Phi) is 35.2. The van der Waals surface area contributed by atoms with E-state index < -0.39 is 12.1 Å². The minimum Gasteiger partial charge on any atom is -0.391 e. The summed E-state index contributed by atoms with van der Waals surface area (Å²) in [6.07, 6.45) is 30.4. The number of terminal acetylenes is 1. The van der Waals surface area contributed by atoms with Gasteiger partial charge in [-0.15, -0.1) is 16.6 Å². The van der Waals surface area contributed by atoms with Crippen LogP contribution in [0, 0.1) is 25.2 Å². The molecule has 4 atom stereocenters. The van der Waals surface area contributed by atoms with E-state index in [0.717, 1.165) is 141 Å². The number of carbonyl (C=O) groups is 4. The highest BCUT2D eigenvalue weighted by Crippen LogP contribution is 2.24. The van der Waals surface area contributed by atoms with Crippen molar-refractivity contribution in [3.63, 3.8) is 0 Å². The normalized spacial score (nSPS) is 15.0. The maximum Gasteiger partial charge on any atom is 0.247 e. The van der Waals surface area contributed by atoms with Crippen LogP contribution in [0.5, 0.6) is 0 Å². The Morgan fingerprint density at radius 2 is 1.07 bits per heavy atom. The second-order valence-corrected chi connectivity index (χ2v) is 23.3. The van der Waals surface area contributed by atoms with Gasteiger partial charge in [-0.05, 0) is 71.3 Å². The lowest BCUT2D eigenvalue weighted by molar-refractivity contribution is -0.132. The smallest absolute Gasteiger partial charge is 0.247 e. The van der Waals surface area contributed by atoms with Crippen LogP contribution in [0.2, 0.25) is 0 Å². The SMILES string of the molecule is C#CCOCCOCCOCCNc1nc(N2CCN(C(=O)CCCCCCCCCCNC(=O)[C@H]([C@@H](C)CC)n3cc(CCCCCN)nn3)CC2)nc(N2CCN(C(=O)CCCCCCCCCCNC(=O)[C@@H]([C@H](C)O)n3cc(C)nn3)CC2)n1. The number of unbranched alkanes of at least 4 members (excludes halogenated alkanes) is 16. The van der Waals surface area contributed by atoms with Crippen LogP contribution in [0.1, 0.15) is 186 Å². The molecule has 4 amide bonds. The summed E-state index contributed by atoms with van der Waals surface area (Å²) in [6, 6.07) is -1.17. The molecule has 0 aliphatic carbocycles. The van der Waals surface area contributed by atoms with Crippen LogP contribution in [0.3, 0.4) is 0 Å². The van der Waals surface area contributed by atoms with Crippen molar-refractivity contribution in [3.05, 3.63) is 23.8 Å². The van der Waals surface area contributed by atoms with Crippen molar-refractivity contribution in [1.29, 1.82) is 0 Å². The van der Waals surface area contributed by atoms with Gasteiger partial charge in [-0.25, -0.2) is 9.36 Å². The van der Waals surface area contributed by atoms with Gasteiger partial charge in [0, 0.05) is 97.2 Å². The van der Waals surface area contributed by atoms with E-state index in [1.54, 1.807) is 24.7 Å². The third-order valence-corrected chi connectivity index (χ3v) is 16.2. The molecule has 2 saturated heterocycles. The number of carbonyl (C=O) groups excluding carboxylic acids is 4. The van der Waals surface area contributed by atoms with Crippen molar-refractivity contribution in [1.82, 2.24) is 65.4 Å². The Hall–Kier alpha value is -6.07. The molecule has 0 spiro atoms. The van der Waals surface area contributed by atoms with Gasteiger partial charge in [-0.1, -0.05) is 120 Å². The molecule has 0 bridgehead atoms. The lowest BCUT2D eigenvalue weighted by atomic mass is 9.98. The molecule has 25 heteroatoms. The first-order valence-corrected chi connectivity index (χ1v) is 32.9. The Labute approximate surface area is 518 Å². The number of ether oxygens (including phenoxy) is 3. The summed E-state index contributed by atoms with van der Waals surface area (Å²) in [7, 11) is 0. The summed E-state index contributed by atoms with van der Waals surface area (Å²) in [5, 5.41) is 36.2. The highest BCUT2D eigenvalue weighted by molar-refractivity contribution is 5.81. The Balaban J connectivity index is 0.956. The van der Waals surface area contributed by atoms with Gasteiger partial charge in [0.15, 0.2) is 6.04 Å². The van der Waals surface area contributed by atoms with Crippen LogP contribution in [0.15, 0.2) is 12.4 Å². The highest BCUT2D eigenvalue weighted by atomic mass is 16.5. The molecule has 0 unspecified atom stereocenters. The second-order valence-electron chi connectivity index (χ2n) is 23.3. The Bertz CT molecular complexity index is 2420. The fourth-order valence-corrected chi connectivity index (χ4v) is 10.8. The molecule has 2 fully saturated rings. The van der Waals surface area contributed by atoms with Crippen LogP contribution in [0.25, 0.3) is 0 Å². The number of nitrogens with zero attached hydrogens (tertiary/aromatic N) is 13. The topological polar surface area (TPSA) is 291 Å². The number of anilines is 3. The maximum atomic E-state index is 13.4. The number of nitrogens with one attached hydrogen (secondary N) is 3. The van der Waals surface area contributed by atoms with Crippen LogP contribution in [-0.2, 0) is 39.8 Å². The molecule has 6 N–H and O–H groups in total. The largest absolute Gasteiger partial charge is 0.391 e. The van der Waals surface area contributed by atoms with E-state index in [-0.39, 0.29) is 42.2 Å². The summed E-state index contributed by atoms with van der Waals surface area (Å²) in [5.41, 5.74) is 7.24. The number of hydrogen-bond donors (Lipinski definition) is 5. The molecule has 0 aromatic carbocycles. The number of hydrogen-bond acceptors (Lipinski definition) is 19. The van der Waals surface area contributed by atoms with Gasteiger partial charge >= 0.3 is 0 Å². The highest BCUT2D eigenvalue weighted by Gasteiger charge is 2.30. The minimum absolute atomic E-state index is 0.0110. The van der Waals surface area contributed by atoms with Crippen molar-refractivity contribution < 1.29 is 38.5 Å². The number of aliphatic hydroxyl groups is 1. The number of rotatable bonds is 47. The fourth-order valence-electron chi connectivity index (χ4n) is 10.8. The summed E-state index contributed by atoms with van der Waals surface area (Å²) >= 11 is 0. The first kappa shape index (κ1) is 71.7. The quantitative estimate of drug-likeness (QED) is 0.0340. The Morgan fingerprint density at radius 3 is 1.56 bits per heavy atom. The van der Waals surface area contributed by atoms with Gasteiger partial charge < -0.3 is 60.6 Å². The van der Waals surface area contributed by atoms with Crippen molar-refractivity contribution in [3.8, 4) is 12.3 Å². The first-order valence-electron chi connectivity index (χ1n) is 32.9. The average Bonchev–Trinajstić information content (AvgIpc) is 4.39. The van der Waals surface area contributed by atoms with E-state index in [1.807, 2.05) is 16.0 Å². The predicted molar refractivity (Wildman–Crippen MR) is 337 cm³/mol. The van der Waals surface area contributed by atoms with Crippen LogP contribution in [0.4, 0.5) is 17.8 Å². The summed E-state index contributed by atoms with van der Waals surface area (Å²) in [4.78, 5) is 75.6. The summed E-state index contributed by atoms with van der Waals surface area (Å²) in [5.74, 6) is 4.26. The number of aryl methyl sites for hydroxylation is 2. The minimum atomic E-state index is -0.888. The molecule has 5 heterocycles. The molecule has 0 radical (unpaired) electrons. The van der Waals surface area contributed by atoms with Crippen molar-refractivity contribution in [2.75, 3.05) is 133 Å². The number of piperazine rings is 2. The molecule has 25 nitrogen and oxygen atoms in total. The average molecular weight is 1220 g/mol. The monoisotopic (exact) mass is 1220 g/mol. The van der Waals surface area contributed by atoms with E-state index in [2.05, 4.69) is 66.1 Å². The van der Waals surface area contributed by atoms with Crippen molar-refractivity contribution in [2.45, 2.75) is 194 Å². The van der Waals surface area contributed by atoms with Crippen LogP contribution < -0.4 is 31.5 Å².